The van der Waals surface area contributed by atoms with E-state index < -0.39 is 24.0 Å². The minimum atomic E-state index is -1.03. The molecule has 1 aliphatic heterocycles. The van der Waals surface area contributed by atoms with E-state index in [1.165, 1.54) is 10.4 Å². The molecule has 0 radical (unpaired) electrons. The number of hydrogen-bond acceptors (Lipinski definition) is 8. The number of rotatable bonds is 12. The van der Waals surface area contributed by atoms with E-state index in [2.05, 4.69) is 48.5 Å². The molecule has 8 rings (SSSR count). The average Bonchev–Trinajstić information content (AvgIpc) is 3.95. The molecule has 1 fully saturated rings. The third-order valence-electron chi connectivity index (χ3n) is 9.76. The summed E-state index contributed by atoms with van der Waals surface area (Å²) < 4.78 is 26.6. The number of fused-ring (bicyclic) bond motifs is 1. The molecule has 8 nitrogen and oxygen atoms in total. The van der Waals surface area contributed by atoms with Crippen LogP contribution in [0.15, 0.2) is 140 Å². The van der Waals surface area contributed by atoms with E-state index in [1.54, 1.807) is 31.9 Å². The standard InChI is InChI=1S/C43H39N3O5S/c1-48-33-17-13-31(14-18-33)43(30-11-7-4-8-12-30,32-15-19-34(49-2)20-16-32)50-27-38-37(47)26-40(51-38)46-28-45-41-36(23-24-44-42(41)46)39-22-21-35(52-39)25-29-9-5-3-6-10-29/h3-24,28,37-38,40,47H,25-27H2,1-2H3/t37-,38+,40+/m0/s1. The van der Waals surface area contributed by atoms with Crippen LogP contribution in [-0.2, 0) is 21.5 Å². The summed E-state index contributed by atoms with van der Waals surface area (Å²) in [6, 6.07) is 42.8. The van der Waals surface area contributed by atoms with Crippen molar-refractivity contribution in [3.63, 3.8) is 0 Å². The maximum Gasteiger partial charge on any atom is 0.162 e. The van der Waals surface area contributed by atoms with Gasteiger partial charge in [-0.25, -0.2) is 9.97 Å². The quantitative estimate of drug-likeness (QED) is 0.128. The van der Waals surface area contributed by atoms with Gasteiger partial charge in [0.15, 0.2) is 5.65 Å². The van der Waals surface area contributed by atoms with E-state index in [-0.39, 0.29) is 6.61 Å². The van der Waals surface area contributed by atoms with Crippen LogP contribution in [0.25, 0.3) is 21.6 Å². The van der Waals surface area contributed by atoms with Crippen molar-refractivity contribution < 1.29 is 24.1 Å². The number of aliphatic hydroxyl groups is 1. The van der Waals surface area contributed by atoms with Crippen LogP contribution in [0.4, 0.5) is 0 Å². The van der Waals surface area contributed by atoms with Crippen molar-refractivity contribution in [1.29, 1.82) is 0 Å². The third kappa shape index (κ3) is 6.48. The molecule has 1 saturated heterocycles. The molecule has 52 heavy (non-hydrogen) atoms. The number of pyridine rings is 1. The summed E-state index contributed by atoms with van der Waals surface area (Å²) in [5, 5.41) is 11.4. The van der Waals surface area contributed by atoms with Gasteiger partial charge in [-0.15, -0.1) is 11.3 Å². The second kappa shape index (κ2) is 14.7. The molecule has 1 N–H and O–H groups in total. The van der Waals surface area contributed by atoms with Crippen LogP contribution in [0.2, 0.25) is 0 Å². The minimum Gasteiger partial charge on any atom is -0.497 e. The highest BCUT2D eigenvalue weighted by Gasteiger charge is 2.42. The number of imidazole rings is 1. The van der Waals surface area contributed by atoms with Crippen LogP contribution in [0.3, 0.4) is 0 Å². The van der Waals surface area contributed by atoms with Crippen LogP contribution in [-0.4, -0.2) is 52.7 Å². The Morgan fingerprint density at radius 2 is 1.40 bits per heavy atom. The number of hydrogen-bond donors (Lipinski definition) is 1. The third-order valence-corrected chi connectivity index (χ3v) is 10.9. The molecule has 0 amide bonds. The highest BCUT2D eigenvalue weighted by Crippen LogP contribution is 2.43. The average molecular weight is 710 g/mol. The van der Waals surface area contributed by atoms with Crippen molar-refractivity contribution in [2.45, 2.75) is 36.9 Å². The summed E-state index contributed by atoms with van der Waals surface area (Å²) in [6.07, 6.45) is 2.98. The first-order chi connectivity index (χ1) is 25.6. The molecule has 0 spiro atoms. The second-order valence-corrected chi connectivity index (χ2v) is 14.0. The summed E-state index contributed by atoms with van der Waals surface area (Å²) in [4.78, 5) is 11.9. The number of thiophene rings is 1. The first kappa shape index (κ1) is 33.8. The Kier molecular flexibility index (Phi) is 9.58. The second-order valence-electron chi connectivity index (χ2n) is 12.9. The Morgan fingerprint density at radius 1 is 0.769 bits per heavy atom. The Hall–Kier alpha value is -5.32. The lowest BCUT2D eigenvalue weighted by molar-refractivity contribution is -0.0931. The van der Waals surface area contributed by atoms with Gasteiger partial charge in [0.05, 0.1) is 33.3 Å². The zero-order valence-electron chi connectivity index (χ0n) is 29.0. The SMILES string of the molecule is COc1ccc(C(OC[C@H]2O[C@@H](n3cnc4c(-c5ccc(Cc6ccccc6)s5)ccnc43)C[C@@H]2O)(c2ccccc2)c2ccc(OC)cc2)cc1. The number of methoxy groups -OCH3 is 2. The van der Waals surface area contributed by atoms with Gasteiger partial charge in [-0.05, 0) is 64.7 Å². The van der Waals surface area contributed by atoms with Crippen molar-refractivity contribution in [3.8, 4) is 21.9 Å². The molecular formula is C43H39N3O5S. The molecule has 4 heterocycles. The van der Waals surface area contributed by atoms with E-state index in [0.29, 0.717) is 12.1 Å². The van der Waals surface area contributed by atoms with Gasteiger partial charge >= 0.3 is 0 Å². The van der Waals surface area contributed by atoms with Crippen molar-refractivity contribution in [1.82, 2.24) is 14.5 Å². The zero-order valence-corrected chi connectivity index (χ0v) is 29.8. The van der Waals surface area contributed by atoms with Crippen LogP contribution < -0.4 is 9.47 Å². The summed E-state index contributed by atoms with van der Waals surface area (Å²) in [6.45, 7) is 0.120. The molecule has 4 aromatic carbocycles. The maximum atomic E-state index is 11.4. The first-order valence-electron chi connectivity index (χ1n) is 17.3. The first-order valence-corrected chi connectivity index (χ1v) is 18.1. The molecular weight excluding hydrogens is 671 g/mol. The summed E-state index contributed by atoms with van der Waals surface area (Å²) >= 11 is 1.77. The van der Waals surface area contributed by atoms with Gasteiger partial charge in [-0.1, -0.05) is 84.9 Å². The van der Waals surface area contributed by atoms with Crippen molar-refractivity contribution in [3.05, 3.63) is 167 Å². The molecule has 0 bridgehead atoms. The van der Waals surface area contributed by atoms with E-state index >= 15 is 0 Å². The van der Waals surface area contributed by atoms with E-state index in [0.717, 1.165) is 50.6 Å². The fraction of sp³-hybridized carbons (Fsp3) is 0.209. The highest BCUT2D eigenvalue weighted by molar-refractivity contribution is 7.15. The lowest BCUT2D eigenvalue weighted by atomic mass is 9.80. The summed E-state index contributed by atoms with van der Waals surface area (Å²) in [5.74, 6) is 1.49. The van der Waals surface area contributed by atoms with Crippen LogP contribution in [0.5, 0.6) is 11.5 Å². The maximum absolute atomic E-state index is 11.4. The molecule has 0 unspecified atom stereocenters. The van der Waals surface area contributed by atoms with Gasteiger partial charge in [0.25, 0.3) is 0 Å². The number of aromatic nitrogens is 3. The van der Waals surface area contributed by atoms with E-state index in [1.807, 2.05) is 89.6 Å². The van der Waals surface area contributed by atoms with Crippen molar-refractivity contribution >= 4 is 22.5 Å². The molecule has 3 aromatic heterocycles. The minimum absolute atomic E-state index is 0.120. The molecule has 0 aliphatic carbocycles. The molecule has 7 aromatic rings. The van der Waals surface area contributed by atoms with Crippen LogP contribution in [0, 0.1) is 0 Å². The Morgan fingerprint density at radius 3 is 2.06 bits per heavy atom. The number of ether oxygens (including phenoxy) is 4. The van der Waals surface area contributed by atoms with Crippen molar-refractivity contribution in [2.75, 3.05) is 20.8 Å². The number of nitrogens with zero attached hydrogens (tertiary/aromatic N) is 3. The van der Waals surface area contributed by atoms with E-state index in [4.69, 9.17) is 28.9 Å². The lowest BCUT2D eigenvalue weighted by Gasteiger charge is -2.37. The van der Waals surface area contributed by atoms with Crippen LogP contribution in [0.1, 0.15) is 39.8 Å². The summed E-state index contributed by atoms with van der Waals surface area (Å²) in [7, 11) is 3.30. The predicted octanol–water partition coefficient (Wildman–Crippen LogP) is 8.42. The Bertz CT molecular complexity index is 2190. The number of aliphatic hydroxyl groups excluding tert-OH is 1. The fourth-order valence-corrected chi connectivity index (χ4v) is 8.14. The summed E-state index contributed by atoms with van der Waals surface area (Å²) in [5.41, 5.74) is 5.55. The zero-order chi connectivity index (χ0) is 35.5. The largest absolute Gasteiger partial charge is 0.497 e. The van der Waals surface area contributed by atoms with Crippen LogP contribution >= 0.6 is 11.3 Å². The fourth-order valence-electron chi connectivity index (χ4n) is 7.08. The smallest absolute Gasteiger partial charge is 0.162 e. The van der Waals surface area contributed by atoms with E-state index in [9.17, 15) is 5.11 Å². The lowest BCUT2D eigenvalue weighted by Crippen LogP contribution is -2.38. The normalized spacial score (nSPS) is 17.4. The number of benzene rings is 4. The molecule has 9 heteroatoms. The monoisotopic (exact) mass is 709 g/mol. The van der Waals surface area contributed by atoms with Gasteiger partial charge < -0.3 is 24.1 Å². The van der Waals surface area contributed by atoms with Crippen molar-refractivity contribution in [2.24, 2.45) is 0 Å². The van der Waals surface area contributed by atoms with Gasteiger partial charge in [-0.3, -0.25) is 4.57 Å². The predicted molar refractivity (Wildman–Crippen MR) is 203 cm³/mol. The van der Waals surface area contributed by atoms with Gasteiger partial charge in [0, 0.05) is 34.4 Å². The highest BCUT2D eigenvalue weighted by atomic mass is 32.1. The van der Waals surface area contributed by atoms with Gasteiger partial charge in [0.2, 0.25) is 0 Å². The van der Waals surface area contributed by atoms with Gasteiger partial charge in [0.1, 0.15) is 34.9 Å². The Labute approximate surface area is 306 Å². The molecule has 0 saturated carbocycles. The molecule has 262 valence electrons. The molecule has 1 aliphatic rings. The topological polar surface area (TPSA) is 87.9 Å². The molecule has 3 atom stereocenters. The Balaban J connectivity index is 1.08. The van der Waals surface area contributed by atoms with Gasteiger partial charge in [-0.2, -0.15) is 0 Å².